The van der Waals surface area contributed by atoms with Crippen LogP contribution in [-0.2, 0) is 13.6 Å². The van der Waals surface area contributed by atoms with Gasteiger partial charge in [0, 0.05) is 20.6 Å². The molecule has 128 valence electrons. The average Bonchev–Trinajstić information content (AvgIpc) is 3.00. The summed E-state index contributed by atoms with van der Waals surface area (Å²) in [6, 6.07) is 5.30. The quantitative estimate of drug-likeness (QED) is 0.918. The molecule has 1 aliphatic rings. The van der Waals surface area contributed by atoms with Gasteiger partial charge < -0.3 is 24.3 Å². The van der Waals surface area contributed by atoms with E-state index in [-0.39, 0.29) is 12.1 Å². The molecule has 1 atom stereocenters. The van der Waals surface area contributed by atoms with Gasteiger partial charge >= 0.3 is 6.03 Å². The number of carbonyl (C=O) groups is 1. The first-order valence-corrected chi connectivity index (χ1v) is 7.78. The number of nitrogens with zero attached hydrogens (tertiary/aromatic N) is 4. The Labute approximate surface area is 140 Å². The van der Waals surface area contributed by atoms with Gasteiger partial charge in [0.25, 0.3) is 0 Å². The first kappa shape index (κ1) is 16.1. The molecule has 2 amide bonds. The molecule has 0 fully saturated rings. The lowest BCUT2D eigenvalue weighted by Crippen LogP contribution is -2.38. The maximum Gasteiger partial charge on any atom is 0.318 e. The van der Waals surface area contributed by atoms with Crippen LogP contribution in [0, 0.1) is 0 Å². The Morgan fingerprint density at radius 1 is 1.38 bits per heavy atom. The molecule has 24 heavy (non-hydrogen) atoms. The van der Waals surface area contributed by atoms with E-state index < -0.39 is 0 Å². The molecule has 1 aromatic carbocycles. The number of amides is 2. The minimum absolute atomic E-state index is 0.180. The highest BCUT2D eigenvalue weighted by Gasteiger charge is 2.18. The summed E-state index contributed by atoms with van der Waals surface area (Å²) in [6.07, 6.45) is 1.61. The van der Waals surface area contributed by atoms with Crippen molar-refractivity contribution in [3.05, 3.63) is 35.9 Å². The molecule has 2 aromatic rings. The molecule has 0 saturated heterocycles. The normalized spacial score (nSPS) is 14.1. The molecule has 0 aliphatic carbocycles. The number of hydrogen-bond donors (Lipinski definition) is 1. The van der Waals surface area contributed by atoms with Gasteiger partial charge in [-0.25, -0.2) is 4.79 Å². The van der Waals surface area contributed by atoms with Crippen molar-refractivity contribution < 1.29 is 14.3 Å². The summed E-state index contributed by atoms with van der Waals surface area (Å²) in [5.41, 5.74) is 0.975. The third-order valence-corrected chi connectivity index (χ3v) is 3.85. The Balaban J connectivity index is 1.61. The minimum Gasteiger partial charge on any atom is -0.486 e. The van der Waals surface area contributed by atoms with Crippen molar-refractivity contribution in [2.45, 2.75) is 19.5 Å². The van der Waals surface area contributed by atoms with Crippen LogP contribution in [0.5, 0.6) is 11.5 Å². The molecular weight excluding hydrogens is 310 g/mol. The zero-order valence-electron chi connectivity index (χ0n) is 14.0. The van der Waals surface area contributed by atoms with Gasteiger partial charge in [-0.2, -0.15) is 0 Å². The van der Waals surface area contributed by atoms with E-state index in [1.807, 2.05) is 32.2 Å². The van der Waals surface area contributed by atoms with Gasteiger partial charge in [0.1, 0.15) is 19.5 Å². The summed E-state index contributed by atoms with van der Waals surface area (Å²) < 4.78 is 12.9. The maximum atomic E-state index is 12.4. The molecule has 0 bridgehead atoms. The summed E-state index contributed by atoms with van der Waals surface area (Å²) >= 11 is 0. The Bertz CT molecular complexity index is 730. The van der Waals surface area contributed by atoms with Crippen molar-refractivity contribution in [2.24, 2.45) is 7.05 Å². The second-order valence-electron chi connectivity index (χ2n) is 5.81. The topological polar surface area (TPSA) is 81.5 Å². The van der Waals surface area contributed by atoms with E-state index in [2.05, 4.69) is 15.5 Å². The van der Waals surface area contributed by atoms with Crippen molar-refractivity contribution in [1.29, 1.82) is 0 Å². The highest BCUT2D eigenvalue weighted by Crippen LogP contribution is 2.31. The number of benzene rings is 1. The average molecular weight is 331 g/mol. The van der Waals surface area contributed by atoms with Crippen molar-refractivity contribution in [2.75, 3.05) is 20.3 Å². The molecule has 1 aromatic heterocycles. The highest BCUT2D eigenvalue weighted by atomic mass is 16.6. The van der Waals surface area contributed by atoms with Gasteiger partial charge in [-0.05, 0) is 24.6 Å². The Morgan fingerprint density at radius 2 is 2.12 bits per heavy atom. The van der Waals surface area contributed by atoms with Crippen LogP contribution >= 0.6 is 0 Å². The SMILES string of the molecule is C[C@@H](NC(=O)N(C)Cc1ccc2c(c1)OCCO2)c1nncn1C. The lowest BCUT2D eigenvalue weighted by molar-refractivity contribution is 0.171. The van der Waals surface area contributed by atoms with Crippen molar-refractivity contribution >= 4 is 6.03 Å². The minimum atomic E-state index is -0.229. The third kappa shape index (κ3) is 3.42. The molecule has 8 heteroatoms. The fourth-order valence-electron chi connectivity index (χ4n) is 2.58. The van der Waals surface area contributed by atoms with Gasteiger partial charge in [0.15, 0.2) is 17.3 Å². The zero-order valence-corrected chi connectivity index (χ0v) is 14.0. The summed E-state index contributed by atoms with van der Waals surface area (Å²) in [5.74, 6) is 2.17. The number of carbonyl (C=O) groups excluding carboxylic acids is 1. The number of aryl methyl sites for hydroxylation is 1. The van der Waals surface area contributed by atoms with Crippen LogP contribution < -0.4 is 14.8 Å². The Kier molecular flexibility index (Phi) is 4.54. The zero-order chi connectivity index (χ0) is 17.1. The van der Waals surface area contributed by atoms with E-state index in [1.54, 1.807) is 22.8 Å². The lowest BCUT2D eigenvalue weighted by atomic mass is 10.2. The fraction of sp³-hybridized carbons (Fsp3) is 0.438. The van der Waals surface area contributed by atoms with Crippen LogP contribution in [0.4, 0.5) is 4.79 Å². The second kappa shape index (κ2) is 6.77. The summed E-state index contributed by atoms with van der Waals surface area (Å²) in [5, 5.41) is 10.7. The first-order valence-electron chi connectivity index (χ1n) is 7.78. The number of urea groups is 1. The van der Waals surface area contributed by atoms with E-state index in [4.69, 9.17) is 9.47 Å². The third-order valence-electron chi connectivity index (χ3n) is 3.85. The number of ether oxygens (including phenoxy) is 2. The van der Waals surface area contributed by atoms with Gasteiger partial charge in [-0.3, -0.25) is 0 Å². The van der Waals surface area contributed by atoms with Gasteiger partial charge in [-0.1, -0.05) is 6.07 Å². The molecule has 3 rings (SSSR count). The van der Waals surface area contributed by atoms with Crippen LogP contribution in [0.1, 0.15) is 24.4 Å². The largest absolute Gasteiger partial charge is 0.486 e. The van der Waals surface area contributed by atoms with E-state index in [0.717, 1.165) is 17.1 Å². The summed E-state index contributed by atoms with van der Waals surface area (Å²) in [7, 11) is 3.59. The number of hydrogen-bond acceptors (Lipinski definition) is 5. The van der Waals surface area contributed by atoms with Crippen molar-refractivity contribution in [1.82, 2.24) is 25.0 Å². The Hall–Kier alpha value is -2.77. The fourth-order valence-corrected chi connectivity index (χ4v) is 2.58. The van der Waals surface area contributed by atoms with Crippen LogP contribution in [-0.4, -0.2) is 46.0 Å². The smallest absolute Gasteiger partial charge is 0.318 e. The van der Waals surface area contributed by atoms with Crippen LogP contribution in [0.15, 0.2) is 24.5 Å². The molecule has 0 saturated carbocycles. The molecule has 0 unspecified atom stereocenters. The van der Waals surface area contributed by atoms with E-state index >= 15 is 0 Å². The maximum absolute atomic E-state index is 12.4. The molecule has 8 nitrogen and oxygen atoms in total. The molecule has 0 radical (unpaired) electrons. The number of nitrogens with one attached hydrogen (secondary N) is 1. The van der Waals surface area contributed by atoms with Gasteiger partial charge in [-0.15, -0.1) is 10.2 Å². The molecule has 2 heterocycles. The first-order chi connectivity index (χ1) is 11.5. The van der Waals surface area contributed by atoms with Crippen LogP contribution in [0.2, 0.25) is 0 Å². The Morgan fingerprint density at radius 3 is 2.83 bits per heavy atom. The van der Waals surface area contributed by atoms with Crippen molar-refractivity contribution in [3.63, 3.8) is 0 Å². The number of rotatable bonds is 4. The molecule has 1 aliphatic heterocycles. The van der Waals surface area contributed by atoms with E-state index in [9.17, 15) is 4.79 Å². The molecule has 1 N–H and O–H groups in total. The standard InChI is InChI=1S/C16H21N5O3/c1-11(15-19-17-10-21(15)3)18-16(22)20(2)9-12-4-5-13-14(8-12)24-7-6-23-13/h4-5,8,10-11H,6-7,9H2,1-3H3,(H,18,22)/t11-/m1/s1. The summed E-state index contributed by atoms with van der Waals surface area (Å²) in [4.78, 5) is 14.0. The predicted octanol–water partition coefficient (Wildman–Crippen LogP) is 1.49. The molecular formula is C16H21N5O3. The van der Waals surface area contributed by atoms with E-state index in [0.29, 0.717) is 25.6 Å². The van der Waals surface area contributed by atoms with Crippen LogP contribution in [0.3, 0.4) is 0 Å². The van der Waals surface area contributed by atoms with Gasteiger partial charge in [0.05, 0.1) is 6.04 Å². The monoisotopic (exact) mass is 331 g/mol. The van der Waals surface area contributed by atoms with Crippen LogP contribution in [0.25, 0.3) is 0 Å². The van der Waals surface area contributed by atoms with E-state index in [1.165, 1.54) is 0 Å². The lowest BCUT2D eigenvalue weighted by Gasteiger charge is -2.22. The molecule has 0 spiro atoms. The van der Waals surface area contributed by atoms with Crippen molar-refractivity contribution in [3.8, 4) is 11.5 Å². The highest BCUT2D eigenvalue weighted by molar-refractivity contribution is 5.74. The predicted molar refractivity (Wildman–Crippen MR) is 86.8 cm³/mol. The second-order valence-corrected chi connectivity index (χ2v) is 5.81. The van der Waals surface area contributed by atoms with Gasteiger partial charge in [0.2, 0.25) is 0 Å². The summed E-state index contributed by atoms with van der Waals surface area (Å²) in [6.45, 7) is 3.45. The number of aromatic nitrogens is 3. The number of fused-ring (bicyclic) bond motifs is 1.